The maximum atomic E-state index is 12.9. The van der Waals surface area contributed by atoms with Crippen LogP contribution in [-0.2, 0) is 0 Å². The zero-order valence-corrected chi connectivity index (χ0v) is 15.7. The number of rotatable bonds is 4. The number of fused-ring (bicyclic) bond motifs is 1. The average molecular weight is 378 g/mol. The molecular formula is C22H22N2O4. The zero-order valence-electron chi connectivity index (χ0n) is 15.7. The third kappa shape index (κ3) is 3.45. The second-order valence-electron chi connectivity index (χ2n) is 6.84. The van der Waals surface area contributed by atoms with E-state index in [-0.39, 0.29) is 11.7 Å². The summed E-state index contributed by atoms with van der Waals surface area (Å²) < 4.78 is 11.0. The lowest BCUT2D eigenvalue weighted by molar-refractivity contribution is 0.0725. The highest BCUT2D eigenvalue weighted by Crippen LogP contribution is 2.29. The Bertz CT molecular complexity index is 1020. The quantitative estimate of drug-likeness (QED) is 0.734. The second kappa shape index (κ2) is 7.76. The number of methoxy groups -OCH3 is 1. The van der Waals surface area contributed by atoms with Gasteiger partial charge in [-0.25, -0.2) is 0 Å². The Labute approximate surface area is 163 Å². The number of hydrogen-bond donors (Lipinski definition) is 1. The molecule has 2 amide bonds. The molecule has 0 atom stereocenters. The maximum absolute atomic E-state index is 12.9. The van der Waals surface area contributed by atoms with Gasteiger partial charge in [0.15, 0.2) is 17.1 Å². The molecule has 0 bridgehead atoms. The van der Waals surface area contributed by atoms with Crippen molar-refractivity contribution in [3.8, 4) is 5.75 Å². The lowest BCUT2D eigenvalue weighted by atomic mass is 10.1. The number of nitrogens with zero attached hydrogens (tertiary/aromatic N) is 1. The minimum atomic E-state index is -0.405. The third-order valence-corrected chi connectivity index (χ3v) is 5.00. The summed E-state index contributed by atoms with van der Waals surface area (Å²) in [5.74, 6) is 0.274. The van der Waals surface area contributed by atoms with Crippen LogP contribution in [0.25, 0.3) is 11.0 Å². The van der Waals surface area contributed by atoms with E-state index in [1.165, 1.54) is 0 Å². The van der Waals surface area contributed by atoms with Crippen LogP contribution in [0.5, 0.6) is 5.75 Å². The van der Waals surface area contributed by atoms with Crippen LogP contribution in [0.2, 0.25) is 0 Å². The molecule has 2 aromatic carbocycles. The summed E-state index contributed by atoms with van der Waals surface area (Å²) in [4.78, 5) is 27.5. The van der Waals surface area contributed by atoms with Gasteiger partial charge in [0.05, 0.1) is 18.4 Å². The molecule has 1 aliphatic heterocycles. The molecular weight excluding hydrogens is 356 g/mol. The fraction of sp³-hybridized carbons (Fsp3) is 0.273. The first-order valence-electron chi connectivity index (χ1n) is 9.43. The first-order valence-corrected chi connectivity index (χ1v) is 9.43. The van der Waals surface area contributed by atoms with Gasteiger partial charge in [-0.05, 0) is 43.5 Å². The van der Waals surface area contributed by atoms with E-state index in [4.69, 9.17) is 9.15 Å². The largest absolute Gasteiger partial charge is 0.493 e. The van der Waals surface area contributed by atoms with Crippen molar-refractivity contribution in [1.82, 2.24) is 4.90 Å². The Morgan fingerprint density at radius 2 is 1.82 bits per heavy atom. The minimum Gasteiger partial charge on any atom is -0.493 e. The number of hydrogen-bond acceptors (Lipinski definition) is 4. The number of nitrogens with one attached hydrogen (secondary N) is 1. The molecule has 0 saturated carbocycles. The first-order chi connectivity index (χ1) is 13.7. The van der Waals surface area contributed by atoms with Crippen LogP contribution in [0.15, 0.2) is 52.9 Å². The fourth-order valence-corrected chi connectivity index (χ4v) is 3.54. The summed E-state index contributed by atoms with van der Waals surface area (Å²) in [7, 11) is 1.56. The molecule has 0 aliphatic carbocycles. The summed E-state index contributed by atoms with van der Waals surface area (Å²) in [5, 5.41) is 3.60. The van der Waals surface area contributed by atoms with Crippen molar-refractivity contribution in [2.24, 2.45) is 0 Å². The standard InChI is InChI=1S/C22H22N2O4/c1-27-18-11-7-8-15-14-19(28-20(15)18)21(25)23-17-10-4-3-9-16(17)22(26)24-12-5-2-6-13-24/h3-4,7-11,14H,2,5-6,12-13H2,1H3,(H,23,25). The van der Waals surface area contributed by atoms with E-state index >= 15 is 0 Å². The highest BCUT2D eigenvalue weighted by molar-refractivity contribution is 6.09. The maximum Gasteiger partial charge on any atom is 0.291 e. The summed E-state index contributed by atoms with van der Waals surface area (Å²) >= 11 is 0. The number of furan rings is 1. The van der Waals surface area contributed by atoms with Crippen LogP contribution in [0.4, 0.5) is 5.69 Å². The van der Waals surface area contributed by atoms with Crippen LogP contribution in [0.3, 0.4) is 0 Å². The number of carbonyl (C=O) groups is 2. The number of benzene rings is 2. The lowest BCUT2D eigenvalue weighted by Crippen LogP contribution is -2.36. The van der Waals surface area contributed by atoms with Crippen LogP contribution in [0.1, 0.15) is 40.2 Å². The van der Waals surface area contributed by atoms with Gasteiger partial charge in [0.2, 0.25) is 0 Å². The van der Waals surface area contributed by atoms with Crippen LogP contribution in [0, 0.1) is 0 Å². The molecule has 0 spiro atoms. The van der Waals surface area contributed by atoms with Crippen molar-refractivity contribution in [3.63, 3.8) is 0 Å². The van der Waals surface area contributed by atoms with Crippen molar-refractivity contribution < 1.29 is 18.7 Å². The monoisotopic (exact) mass is 378 g/mol. The molecule has 1 fully saturated rings. The Balaban J connectivity index is 1.59. The number of likely N-dealkylation sites (tertiary alicyclic amines) is 1. The van der Waals surface area contributed by atoms with Gasteiger partial charge in [-0.15, -0.1) is 0 Å². The van der Waals surface area contributed by atoms with E-state index in [0.717, 1.165) is 37.7 Å². The molecule has 1 N–H and O–H groups in total. The molecule has 3 aromatic rings. The highest BCUT2D eigenvalue weighted by Gasteiger charge is 2.22. The van der Waals surface area contributed by atoms with E-state index in [2.05, 4.69) is 5.32 Å². The Kier molecular flexibility index (Phi) is 5.02. The zero-order chi connectivity index (χ0) is 19.5. The van der Waals surface area contributed by atoms with Crippen LogP contribution in [-0.4, -0.2) is 36.9 Å². The molecule has 1 aromatic heterocycles. The van der Waals surface area contributed by atoms with Crippen molar-refractivity contribution >= 4 is 28.5 Å². The molecule has 1 aliphatic rings. The normalized spacial score (nSPS) is 14.1. The summed E-state index contributed by atoms with van der Waals surface area (Å²) in [6.07, 6.45) is 3.18. The summed E-state index contributed by atoms with van der Waals surface area (Å²) in [6, 6.07) is 14.2. The van der Waals surface area contributed by atoms with E-state index in [9.17, 15) is 9.59 Å². The molecule has 6 heteroatoms. The van der Waals surface area contributed by atoms with Crippen molar-refractivity contribution in [3.05, 3.63) is 59.9 Å². The number of para-hydroxylation sites is 2. The van der Waals surface area contributed by atoms with Gasteiger partial charge in [0.25, 0.3) is 11.8 Å². The van der Waals surface area contributed by atoms with Crippen molar-refractivity contribution in [1.29, 1.82) is 0 Å². The van der Waals surface area contributed by atoms with Gasteiger partial charge in [-0.3, -0.25) is 9.59 Å². The minimum absolute atomic E-state index is 0.0538. The van der Waals surface area contributed by atoms with E-state index < -0.39 is 5.91 Å². The molecule has 144 valence electrons. The van der Waals surface area contributed by atoms with Crippen LogP contribution < -0.4 is 10.1 Å². The average Bonchev–Trinajstić information content (AvgIpc) is 3.19. The summed E-state index contributed by atoms with van der Waals surface area (Å²) in [5.41, 5.74) is 1.50. The van der Waals surface area contributed by atoms with Gasteiger partial charge >= 0.3 is 0 Å². The highest BCUT2D eigenvalue weighted by atomic mass is 16.5. The number of carbonyl (C=O) groups excluding carboxylic acids is 2. The molecule has 2 heterocycles. The van der Waals surface area contributed by atoms with Gasteiger partial charge in [-0.2, -0.15) is 0 Å². The Morgan fingerprint density at radius 3 is 2.61 bits per heavy atom. The van der Waals surface area contributed by atoms with Gasteiger partial charge in [0.1, 0.15) is 0 Å². The van der Waals surface area contributed by atoms with E-state index in [0.29, 0.717) is 22.6 Å². The molecule has 6 nitrogen and oxygen atoms in total. The molecule has 0 radical (unpaired) electrons. The van der Waals surface area contributed by atoms with E-state index in [1.54, 1.807) is 43.5 Å². The summed E-state index contributed by atoms with van der Waals surface area (Å²) in [6.45, 7) is 1.51. The number of amides is 2. The van der Waals surface area contributed by atoms with Gasteiger partial charge in [0, 0.05) is 18.5 Å². The van der Waals surface area contributed by atoms with Crippen molar-refractivity contribution in [2.75, 3.05) is 25.5 Å². The van der Waals surface area contributed by atoms with Gasteiger partial charge in [-0.1, -0.05) is 24.3 Å². The Hall–Kier alpha value is -3.28. The number of anilines is 1. The predicted molar refractivity (Wildman–Crippen MR) is 107 cm³/mol. The van der Waals surface area contributed by atoms with Crippen molar-refractivity contribution in [2.45, 2.75) is 19.3 Å². The molecule has 1 saturated heterocycles. The molecule has 0 unspecified atom stereocenters. The SMILES string of the molecule is COc1cccc2cc(C(=O)Nc3ccccc3C(=O)N3CCCCC3)oc12. The van der Waals surface area contributed by atoms with Crippen LogP contribution >= 0.6 is 0 Å². The molecule has 28 heavy (non-hydrogen) atoms. The predicted octanol–water partition coefficient (Wildman–Crippen LogP) is 4.32. The number of ether oxygens (including phenoxy) is 1. The third-order valence-electron chi connectivity index (χ3n) is 5.00. The smallest absolute Gasteiger partial charge is 0.291 e. The van der Waals surface area contributed by atoms with E-state index in [1.807, 2.05) is 17.0 Å². The lowest BCUT2D eigenvalue weighted by Gasteiger charge is -2.27. The second-order valence-corrected chi connectivity index (χ2v) is 6.84. The fourth-order valence-electron chi connectivity index (χ4n) is 3.54. The first kappa shape index (κ1) is 18.1. The number of piperidine rings is 1. The van der Waals surface area contributed by atoms with Gasteiger partial charge < -0.3 is 19.4 Å². The topological polar surface area (TPSA) is 71.8 Å². The Morgan fingerprint density at radius 1 is 1.04 bits per heavy atom. The molecule has 4 rings (SSSR count).